The Balaban J connectivity index is 0.00000420. The van der Waals surface area contributed by atoms with Crippen molar-refractivity contribution in [1.29, 1.82) is 0 Å². The number of ketones is 1. The highest BCUT2D eigenvalue weighted by Gasteiger charge is 2.20. The molecule has 0 spiro atoms. The van der Waals surface area contributed by atoms with Gasteiger partial charge in [0.25, 0.3) is 0 Å². The van der Waals surface area contributed by atoms with Crippen LogP contribution in [0.2, 0.25) is 5.02 Å². The first-order chi connectivity index (χ1) is 18.4. The molecule has 0 radical (unpaired) electrons. The second-order valence-electron chi connectivity index (χ2n) is 9.84. The van der Waals surface area contributed by atoms with Crippen LogP contribution in [0.5, 0.6) is 17.2 Å². The Labute approximate surface area is 242 Å². The Morgan fingerprint density at radius 1 is 1.00 bits per heavy atom. The number of Topliss-reactive ketones (excluding diaryl/α,β-unsaturated/α-hetero) is 1. The standard InChI is InChI=1S/C31H37ClN2O4.ClH/c1-36-27-15-22(16-28(19-27)37-2)21-38-31-20-30(33)29(32)18-25(31)17-26(35)9-6-12-34-13-10-24(11-14-34)23-7-4-3-5-8-23;/h3-5,7-8,15-16,18-20,24H,6,9-14,17,21,33H2,1-2H3;1H. The zero-order chi connectivity index (χ0) is 26.9. The number of carbonyl (C=O) groups excluding carboxylic acids is 1. The van der Waals surface area contributed by atoms with E-state index in [4.69, 9.17) is 31.5 Å². The Bertz CT molecular complexity index is 1190. The lowest BCUT2D eigenvalue weighted by atomic mass is 9.89. The number of methoxy groups -OCH3 is 2. The van der Waals surface area contributed by atoms with Crippen molar-refractivity contribution in [2.45, 2.75) is 44.6 Å². The number of halogens is 2. The summed E-state index contributed by atoms with van der Waals surface area (Å²) >= 11 is 6.30. The van der Waals surface area contributed by atoms with Crippen LogP contribution in [0.15, 0.2) is 60.7 Å². The first-order valence-electron chi connectivity index (χ1n) is 13.2. The molecule has 1 saturated heterocycles. The molecule has 0 saturated carbocycles. The third kappa shape index (κ3) is 8.79. The van der Waals surface area contributed by atoms with E-state index in [1.807, 2.05) is 12.1 Å². The van der Waals surface area contributed by atoms with Gasteiger partial charge in [-0.1, -0.05) is 41.9 Å². The van der Waals surface area contributed by atoms with E-state index in [9.17, 15) is 4.79 Å². The molecule has 0 atom stereocenters. The maximum Gasteiger partial charge on any atom is 0.137 e. The molecule has 1 heterocycles. The fourth-order valence-electron chi connectivity index (χ4n) is 5.01. The number of nitrogen functional groups attached to an aromatic ring is 1. The minimum Gasteiger partial charge on any atom is -0.497 e. The smallest absolute Gasteiger partial charge is 0.137 e. The monoisotopic (exact) mass is 572 g/mol. The molecule has 3 aromatic rings. The number of hydrogen-bond donors (Lipinski definition) is 1. The minimum atomic E-state index is 0. The Morgan fingerprint density at radius 3 is 2.31 bits per heavy atom. The van der Waals surface area contributed by atoms with E-state index in [2.05, 4.69) is 35.2 Å². The van der Waals surface area contributed by atoms with Gasteiger partial charge in [0.05, 0.1) is 24.9 Å². The maximum atomic E-state index is 12.9. The molecule has 1 fully saturated rings. The molecule has 0 bridgehead atoms. The van der Waals surface area contributed by atoms with Crippen molar-refractivity contribution < 1.29 is 19.0 Å². The normalized spacial score (nSPS) is 13.9. The lowest BCUT2D eigenvalue weighted by molar-refractivity contribution is -0.118. The largest absolute Gasteiger partial charge is 0.497 e. The van der Waals surface area contributed by atoms with Crippen molar-refractivity contribution in [2.24, 2.45) is 0 Å². The average Bonchev–Trinajstić information content (AvgIpc) is 2.94. The molecule has 0 aliphatic carbocycles. The molecule has 0 unspecified atom stereocenters. The summed E-state index contributed by atoms with van der Waals surface area (Å²) in [6.07, 6.45) is 3.96. The van der Waals surface area contributed by atoms with Crippen LogP contribution in [0.25, 0.3) is 0 Å². The summed E-state index contributed by atoms with van der Waals surface area (Å²) < 4.78 is 16.8. The lowest BCUT2D eigenvalue weighted by Crippen LogP contribution is -2.33. The van der Waals surface area contributed by atoms with Gasteiger partial charge in [0.2, 0.25) is 0 Å². The van der Waals surface area contributed by atoms with Crippen molar-refractivity contribution in [3.05, 3.63) is 82.4 Å². The molecule has 2 N–H and O–H groups in total. The summed E-state index contributed by atoms with van der Waals surface area (Å²) in [4.78, 5) is 15.4. The second-order valence-corrected chi connectivity index (χ2v) is 10.2. The summed E-state index contributed by atoms with van der Waals surface area (Å²) in [5, 5.41) is 0.421. The number of hydrogen-bond acceptors (Lipinski definition) is 6. The number of nitrogens with zero attached hydrogens (tertiary/aromatic N) is 1. The topological polar surface area (TPSA) is 74.0 Å². The lowest BCUT2D eigenvalue weighted by Gasteiger charge is -2.32. The molecule has 8 heteroatoms. The molecule has 6 nitrogen and oxygen atoms in total. The van der Waals surface area contributed by atoms with Gasteiger partial charge in [-0.05, 0) is 74.1 Å². The summed E-state index contributed by atoms with van der Waals surface area (Å²) in [6.45, 7) is 3.37. The number of piperidine rings is 1. The number of benzene rings is 3. The van der Waals surface area contributed by atoms with Crippen molar-refractivity contribution in [3.8, 4) is 17.2 Å². The van der Waals surface area contributed by atoms with Gasteiger partial charge in [-0.25, -0.2) is 0 Å². The van der Waals surface area contributed by atoms with Gasteiger partial charge < -0.3 is 24.8 Å². The molecule has 0 aromatic heterocycles. The summed E-state index contributed by atoms with van der Waals surface area (Å²) in [7, 11) is 3.21. The van der Waals surface area contributed by atoms with E-state index in [1.54, 1.807) is 32.4 Å². The summed E-state index contributed by atoms with van der Waals surface area (Å²) in [5.74, 6) is 2.72. The molecule has 39 heavy (non-hydrogen) atoms. The van der Waals surface area contributed by atoms with Gasteiger partial charge in [-0.3, -0.25) is 4.79 Å². The van der Waals surface area contributed by atoms with Gasteiger partial charge >= 0.3 is 0 Å². The molecule has 1 aliphatic heterocycles. The van der Waals surface area contributed by atoms with Crippen molar-refractivity contribution in [1.82, 2.24) is 4.90 Å². The highest BCUT2D eigenvalue weighted by Crippen LogP contribution is 2.32. The van der Waals surface area contributed by atoms with Crippen LogP contribution in [0.3, 0.4) is 0 Å². The fraction of sp³-hybridized carbons (Fsp3) is 0.387. The van der Waals surface area contributed by atoms with Crippen LogP contribution in [-0.4, -0.2) is 44.5 Å². The maximum absolute atomic E-state index is 12.9. The molecular formula is C31H38Cl2N2O4. The van der Waals surface area contributed by atoms with Crippen LogP contribution in [-0.2, 0) is 17.8 Å². The molecule has 0 amide bonds. The minimum absolute atomic E-state index is 0. The quantitative estimate of drug-likeness (QED) is 0.243. The van der Waals surface area contributed by atoms with Gasteiger partial charge in [0.1, 0.15) is 29.6 Å². The van der Waals surface area contributed by atoms with Crippen molar-refractivity contribution in [3.63, 3.8) is 0 Å². The van der Waals surface area contributed by atoms with Gasteiger partial charge in [0.15, 0.2) is 0 Å². The van der Waals surface area contributed by atoms with Gasteiger partial charge in [-0.2, -0.15) is 0 Å². The Hall–Kier alpha value is -2.93. The average molecular weight is 574 g/mol. The molecule has 4 rings (SSSR count). The van der Waals surface area contributed by atoms with E-state index >= 15 is 0 Å². The van der Waals surface area contributed by atoms with Crippen LogP contribution < -0.4 is 19.9 Å². The van der Waals surface area contributed by atoms with Crippen LogP contribution in [0, 0.1) is 0 Å². The third-order valence-corrected chi connectivity index (χ3v) is 7.49. The van der Waals surface area contributed by atoms with Crippen molar-refractivity contribution in [2.75, 3.05) is 39.6 Å². The molecular weight excluding hydrogens is 535 g/mol. The van der Waals surface area contributed by atoms with Gasteiger partial charge in [0, 0.05) is 30.5 Å². The zero-order valence-corrected chi connectivity index (χ0v) is 24.2. The Kier molecular flexibility index (Phi) is 11.8. The number of ether oxygens (including phenoxy) is 3. The zero-order valence-electron chi connectivity index (χ0n) is 22.7. The number of rotatable bonds is 12. The van der Waals surface area contributed by atoms with E-state index in [0.717, 1.165) is 37.2 Å². The highest BCUT2D eigenvalue weighted by molar-refractivity contribution is 6.33. The van der Waals surface area contributed by atoms with Gasteiger partial charge in [-0.15, -0.1) is 12.4 Å². The summed E-state index contributed by atoms with van der Waals surface area (Å²) in [5.41, 5.74) is 9.52. The van der Waals surface area contributed by atoms with E-state index in [-0.39, 0.29) is 31.2 Å². The second kappa shape index (κ2) is 15.0. The number of nitrogens with two attached hydrogens (primary N) is 1. The number of anilines is 1. The first kappa shape index (κ1) is 30.6. The SMILES string of the molecule is COc1cc(COc2cc(N)c(Cl)cc2CC(=O)CCCN2CCC(c3ccccc3)CC2)cc(OC)c1.Cl. The fourth-order valence-corrected chi connectivity index (χ4v) is 5.20. The Morgan fingerprint density at radius 2 is 1.67 bits per heavy atom. The number of likely N-dealkylation sites (tertiary alicyclic amines) is 1. The van der Waals surface area contributed by atoms with E-state index in [1.165, 1.54) is 18.4 Å². The first-order valence-corrected chi connectivity index (χ1v) is 13.5. The van der Waals surface area contributed by atoms with E-state index < -0.39 is 0 Å². The molecule has 3 aromatic carbocycles. The molecule has 210 valence electrons. The predicted octanol–water partition coefficient (Wildman–Crippen LogP) is 6.71. The van der Waals surface area contributed by atoms with E-state index in [0.29, 0.717) is 40.3 Å². The van der Waals surface area contributed by atoms with Crippen LogP contribution in [0.4, 0.5) is 5.69 Å². The number of carbonyl (C=O) groups is 1. The van der Waals surface area contributed by atoms with Crippen molar-refractivity contribution >= 4 is 35.5 Å². The van der Waals surface area contributed by atoms with Crippen LogP contribution in [0.1, 0.15) is 48.3 Å². The summed E-state index contributed by atoms with van der Waals surface area (Å²) in [6, 6.07) is 19.8. The predicted molar refractivity (Wildman–Crippen MR) is 160 cm³/mol. The third-order valence-electron chi connectivity index (χ3n) is 7.16. The van der Waals surface area contributed by atoms with Crippen LogP contribution >= 0.6 is 24.0 Å². The molecule has 1 aliphatic rings. The highest BCUT2D eigenvalue weighted by atomic mass is 35.5.